The van der Waals surface area contributed by atoms with Gasteiger partial charge in [0.25, 0.3) is 0 Å². The summed E-state index contributed by atoms with van der Waals surface area (Å²) in [5.74, 6) is 0. The van der Waals surface area contributed by atoms with Gasteiger partial charge in [0, 0.05) is 16.6 Å². The van der Waals surface area contributed by atoms with Crippen molar-refractivity contribution in [3.63, 3.8) is 0 Å². The summed E-state index contributed by atoms with van der Waals surface area (Å²) in [5, 5.41) is 1.23. The fourth-order valence-electron chi connectivity index (χ4n) is 3.82. The van der Waals surface area contributed by atoms with Gasteiger partial charge in [0.05, 0.1) is 11.4 Å². The van der Waals surface area contributed by atoms with Gasteiger partial charge in [-0.2, -0.15) is 0 Å². The molecule has 32 heavy (non-hydrogen) atoms. The van der Waals surface area contributed by atoms with Crippen molar-refractivity contribution in [3.05, 3.63) is 138 Å². The second-order valence-electron chi connectivity index (χ2n) is 8.02. The van der Waals surface area contributed by atoms with Crippen molar-refractivity contribution in [2.24, 2.45) is 4.76 Å². The highest BCUT2D eigenvalue weighted by Gasteiger charge is 2.29. The van der Waals surface area contributed by atoms with E-state index in [9.17, 15) is 0 Å². The van der Waals surface area contributed by atoms with Gasteiger partial charge >= 0.3 is 0 Å². The Balaban J connectivity index is 1.73. The Hall–Kier alpha value is -3.48. The lowest BCUT2D eigenvalue weighted by atomic mass is 10.0. The average Bonchev–Trinajstić information content (AvgIpc) is 2.85. The second-order valence-corrected chi connectivity index (χ2v) is 9.71. The van der Waals surface area contributed by atoms with Crippen LogP contribution in [0, 0.1) is 13.8 Å². The van der Waals surface area contributed by atoms with Crippen LogP contribution in [0.3, 0.4) is 0 Å². The topological polar surface area (TPSA) is 15.6 Å². The monoisotopic (exact) mass is 432 g/mol. The number of hydrogen-bond acceptors (Lipinski definition) is 2. The van der Waals surface area contributed by atoms with Crippen molar-refractivity contribution in [3.8, 4) is 0 Å². The van der Waals surface area contributed by atoms with Crippen molar-refractivity contribution < 1.29 is 0 Å². The molecule has 0 spiro atoms. The van der Waals surface area contributed by atoms with Crippen molar-refractivity contribution in [2.45, 2.75) is 13.8 Å². The molecule has 3 heteroatoms. The average molecular weight is 433 g/mol. The van der Waals surface area contributed by atoms with E-state index in [0.29, 0.717) is 0 Å². The highest BCUT2D eigenvalue weighted by molar-refractivity contribution is 7.66. The van der Waals surface area contributed by atoms with Crippen molar-refractivity contribution in [1.82, 2.24) is 0 Å². The Kier molecular flexibility index (Phi) is 5.71. The van der Waals surface area contributed by atoms with Crippen LogP contribution in [0.2, 0.25) is 0 Å². The van der Waals surface area contributed by atoms with Gasteiger partial charge in [-0.15, -0.1) is 0 Å². The third kappa shape index (κ3) is 4.15. The number of hydrogen-bond donors (Lipinski definition) is 0. The lowest BCUT2D eigenvalue weighted by Crippen LogP contribution is -2.25. The molecule has 4 aromatic carbocycles. The third-order valence-corrected chi connectivity index (χ3v) is 7.57. The van der Waals surface area contributed by atoms with E-state index in [1.807, 2.05) is 0 Å². The van der Waals surface area contributed by atoms with Crippen LogP contribution in [-0.2, 0) is 0 Å². The molecule has 1 unspecified atom stereocenters. The second kappa shape index (κ2) is 8.94. The number of benzene rings is 4. The molecule has 5 rings (SSSR count). The molecule has 156 valence electrons. The quantitative estimate of drug-likeness (QED) is 0.309. The molecule has 0 saturated heterocycles. The van der Waals surface area contributed by atoms with Gasteiger partial charge in [-0.3, -0.25) is 4.67 Å². The molecule has 1 atom stereocenters. The molecule has 0 aliphatic carbocycles. The number of aryl methyl sites for hydroxylation is 2. The van der Waals surface area contributed by atoms with E-state index in [0.717, 1.165) is 17.0 Å². The SMILES string of the molecule is Cc1ccc(C2=NP(c3ccccc3)N(c3ccc(C)cc3)C(c3ccccc3)=C2)cc1. The maximum atomic E-state index is 5.34. The highest BCUT2D eigenvalue weighted by atomic mass is 31.1. The molecule has 0 bridgehead atoms. The minimum Gasteiger partial charge on any atom is -0.297 e. The third-order valence-electron chi connectivity index (χ3n) is 5.58. The van der Waals surface area contributed by atoms with Crippen LogP contribution in [0.15, 0.2) is 120 Å². The van der Waals surface area contributed by atoms with E-state index in [1.165, 1.54) is 27.7 Å². The summed E-state index contributed by atoms with van der Waals surface area (Å²) in [6, 6.07) is 38.7. The minimum atomic E-state index is -0.997. The lowest BCUT2D eigenvalue weighted by molar-refractivity contribution is 1.37. The molecule has 1 aliphatic heterocycles. The first-order valence-electron chi connectivity index (χ1n) is 10.8. The van der Waals surface area contributed by atoms with Gasteiger partial charge in [-0.25, -0.2) is 4.76 Å². The van der Waals surface area contributed by atoms with Crippen LogP contribution >= 0.6 is 8.22 Å². The fourth-order valence-corrected chi connectivity index (χ4v) is 5.80. The Bertz CT molecular complexity index is 1260. The first-order chi connectivity index (χ1) is 15.7. The van der Waals surface area contributed by atoms with Gasteiger partial charge in [0.2, 0.25) is 0 Å². The minimum absolute atomic E-state index is 0.997. The molecule has 2 nitrogen and oxygen atoms in total. The Morgan fingerprint density at radius 2 is 1.16 bits per heavy atom. The summed E-state index contributed by atoms with van der Waals surface area (Å²) in [5.41, 5.74) is 8.21. The number of nitrogens with zero attached hydrogens (tertiary/aromatic N) is 2. The highest BCUT2D eigenvalue weighted by Crippen LogP contribution is 2.52. The van der Waals surface area contributed by atoms with Crippen LogP contribution < -0.4 is 9.97 Å². The zero-order valence-corrected chi connectivity index (χ0v) is 19.2. The van der Waals surface area contributed by atoms with Gasteiger partial charge in [-0.1, -0.05) is 108 Å². The molecular weight excluding hydrogens is 407 g/mol. The van der Waals surface area contributed by atoms with E-state index in [4.69, 9.17) is 4.76 Å². The first-order valence-corrected chi connectivity index (χ1v) is 12.1. The van der Waals surface area contributed by atoms with E-state index in [2.05, 4.69) is 134 Å². The molecule has 4 aromatic rings. The Labute approximate surface area is 191 Å². The number of allylic oxidation sites excluding steroid dienone is 1. The molecule has 0 radical (unpaired) electrons. The van der Waals surface area contributed by atoms with Crippen LogP contribution in [0.4, 0.5) is 5.69 Å². The largest absolute Gasteiger partial charge is 0.297 e. The molecule has 0 saturated carbocycles. The summed E-state index contributed by atoms with van der Waals surface area (Å²) in [6.07, 6.45) is 2.24. The normalized spacial score (nSPS) is 15.8. The van der Waals surface area contributed by atoms with Crippen LogP contribution in [0.5, 0.6) is 0 Å². The molecule has 0 N–H and O–H groups in total. The summed E-state index contributed by atoms with van der Waals surface area (Å²) in [6.45, 7) is 4.25. The van der Waals surface area contributed by atoms with Crippen LogP contribution in [0.25, 0.3) is 5.70 Å². The zero-order valence-electron chi connectivity index (χ0n) is 18.3. The maximum Gasteiger partial charge on any atom is 0.154 e. The lowest BCUT2D eigenvalue weighted by Gasteiger charge is -2.36. The predicted octanol–water partition coefficient (Wildman–Crippen LogP) is 7.29. The molecule has 0 fully saturated rings. The van der Waals surface area contributed by atoms with Crippen LogP contribution in [0.1, 0.15) is 22.3 Å². The van der Waals surface area contributed by atoms with Gasteiger partial charge in [-0.05, 0) is 37.6 Å². The van der Waals surface area contributed by atoms with E-state index in [1.54, 1.807) is 0 Å². The van der Waals surface area contributed by atoms with Gasteiger partial charge in [0.15, 0.2) is 8.22 Å². The Morgan fingerprint density at radius 3 is 1.78 bits per heavy atom. The smallest absolute Gasteiger partial charge is 0.154 e. The maximum absolute atomic E-state index is 5.34. The molecule has 1 aliphatic rings. The van der Waals surface area contributed by atoms with Crippen molar-refractivity contribution in [1.29, 1.82) is 0 Å². The zero-order chi connectivity index (χ0) is 21.9. The Morgan fingerprint density at radius 1 is 0.594 bits per heavy atom. The number of rotatable bonds is 4. The number of anilines is 1. The predicted molar refractivity (Wildman–Crippen MR) is 139 cm³/mol. The summed E-state index contributed by atoms with van der Waals surface area (Å²) in [4.78, 5) is 0. The van der Waals surface area contributed by atoms with Gasteiger partial charge < -0.3 is 0 Å². The van der Waals surface area contributed by atoms with Gasteiger partial charge in [0.1, 0.15) is 0 Å². The van der Waals surface area contributed by atoms with Crippen molar-refractivity contribution >= 4 is 30.6 Å². The fraction of sp³-hybridized carbons (Fsp3) is 0.0690. The summed E-state index contributed by atoms with van der Waals surface area (Å²) >= 11 is 0. The molecule has 1 heterocycles. The molecule has 0 amide bonds. The first kappa shape index (κ1) is 20.4. The molecule has 0 aromatic heterocycles. The van der Waals surface area contributed by atoms with E-state index >= 15 is 0 Å². The molecular formula is C29H25N2P. The van der Waals surface area contributed by atoms with Crippen LogP contribution in [-0.4, -0.2) is 5.71 Å². The van der Waals surface area contributed by atoms with E-state index < -0.39 is 8.22 Å². The van der Waals surface area contributed by atoms with E-state index in [-0.39, 0.29) is 0 Å². The standard InChI is InChI=1S/C29H25N2P/c1-22-13-17-24(18-14-22)28-21-29(25-9-5-3-6-10-25)31(26-19-15-23(2)16-20-26)32(30-28)27-11-7-4-8-12-27/h3-21H,1-2H3. The van der Waals surface area contributed by atoms with Crippen molar-refractivity contribution in [2.75, 3.05) is 4.67 Å². The summed E-state index contributed by atoms with van der Waals surface area (Å²) < 4.78 is 7.75. The summed E-state index contributed by atoms with van der Waals surface area (Å²) in [7, 11) is -0.997.